The van der Waals surface area contributed by atoms with Crippen molar-refractivity contribution in [3.8, 4) is 0 Å². The number of aryl methyl sites for hydroxylation is 2. The first-order valence-corrected chi connectivity index (χ1v) is 9.07. The topological polar surface area (TPSA) is 70.2 Å². The predicted octanol–water partition coefficient (Wildman–Crippen LogP) is 4.33. The second-order valence-corrected chi connectivity index (χ2v) is 7.31. The van der Waals surface area contributed by atoms with Crippen molar-refractivity contribution in [3.63, 3.8) is 0 Å². The Morgan fingerprint density at radius 1 is 1.08 bits per heavy atom. The molecular weight excluding hydrogens is 394 g/mol. The Bertz CT molecular complexity index is 904. The van der Waals surface area contributed by atoms with Crippen molar-refractivity contribution in [2.24, 2.45) is 0 Å². The van der Waals surface area contributed by atoms with E-state index in [1.54, 1.807) is 6.92 Å². The minimum atomic E-state index is -0.501. The van der Waals surface area contributed by atoms with Crippen LogP contribution in [0.3, 0.4) is 0 Å². The highest BCUT2D eigenvalue weighted by molar-refractivity contribution is 9.10. The minimum absolute atomic E-state index is 0.247. The maximum absolute atomic E-state index is 13.0. The number of rotatable bonds is 3. The number of halogens is 1. The summed E-state index contributed by atoms with van der Waals surface area (Å²) in [5, 5.41) is 8.49. The van der Waals surface area contributed by atoms with E-state index >= 15 is 0 Å². The van der Waals surface area contributed by atoms with E-state index in [0.717, 1.165) is 21.2 Å². The largest absolute Gasteiger partial charge is 0.327 e. The van der Waals surface area contributed by atoms with Gasteiger partial charge in [-0.3, -0.25) is 4.79 Å². The number of hydrogen-bond acceptors (Lipinski definition) is 2. The van der Waals surface area contributed by atoms with Crippen LogP contribution in [-0.2, 0) is 4.79 Å². The standard InChI is InChI=1S/C20H20BrN3O2/c1-11-4-5-12(2)16(10-11)18-17(13(3)22-20(26)24-18)19(25)23-15-8-6-14(21)7-9-15/h4-10,18H,1-3H3,(H,23,25)(H2,22,24,26)/t18-/m0/s1. The summed E-state index contributed by atoms with van der Waals surface area (Å²) in [6, 6.07) is 12.6. The van der Waals surface area contributed by atoms with Crippen LogP contribution in [-0.4, -0.2) is 11.9 Å². The third-order valence-electron chi connectivity index (χ3n) is 4.36. The van der Waals surface area contributed by atoms with Crippen LogP contribution in [0.15, 0.2) is 58.2 Å². The third-order valence-corrected chi connectivity index (χ3v) is 4.89. The molecule has 1 aliphatic rings. The zero-order valence-electron chi connectivity index (χ0n) is 14.8. The van der Waals surface area contributed by atoms with Gasteiger partial charge in [0.2, 0.25) is 0 Å². The second kappa shape index (κ2) is 7.33. The number of amides is 3. The molecule has 1 aliphatic heterocycles. The molecule has 1 heterocycles. The smallest absolute Gasteiger partial charge is 0.319 e. The zero-order chi connectivity index (χ0) is 18.8. The molecule has 3 amide bonds. The Balaban J connectivity index is 1.98. The fourth-order valence-corrected chi connectivity index (χ4v) is 3.30. The summed E-state index contributed by atoms with van der Waals surface area (Å²) in [4.78, 5) is 25.0. The number of anilines is 1. The molecule has 2 aromatic carbocycles. The van der Waals surface area contributed by atoms with Gasteiger partial charge in [0.05, 0.1) is 11.6 Å². The molecule has 0 aliphatic carbocycles. The van der Waals surface area contributed by atoms with Gasteiger partial charge in [0.25, 0.3) is 5.91 Å². The minimum Gasteiger partial charge on any atom is -0.327 e. The fraction of sp³-hybridized carbons (Fsp3) is 0.200. The van der Waals surface area contributed by atoms with E-state index in [2.05, 4.69) is 31.9 Å². The molecule has 0 radical (unpaired) electrons. The van der Waals surface area contributed by atoms with Gasteiger partial charge < -0.3 is 16.0 Å². The van der Waals surface area contributed by atoms with Crippen LogP contribution >= 0.6 is 15.9 Å². The average molecular weight is 414 g/mol. The molecular formula is C20H20BrN3O2. The molecule has 3 N–H and O–H groups in total. The van der Waals surface area contributed by atoms with Crippen molar-refractivity contribution in [2.45, 2.75) is 26.8 Å². The Morgan fingerprint density at radius 2 is 1.77 bits per heavy atom. The number of nitrogens with one attached hydrogen (secondary N) is 3. The monoisotopic (exact) mass is 413 g/mol. The van der Waals surface area contributed by atoms with Gasteiger partial charge in [-0.05, 0) is 56.2 Å². The van der Waals surface area contributed by atoms with E-state index in [9.17, 15) is 9.59 Å². The van der Waals surface area contributed by atoms with Gasteiger partial charge in [-0.25, -0.2) is 4.79 Å². The van der Waals surface area contributed by atoms with Crippen LogP contribution in [0.25, 0.3) is 0 Å². The molecule has 0 fully saturated rings. The summed E-state index contributed by atoms with van der Waals surface area (Å²) >= 11 is 3.38. The van der Waals surface area contributed by atoms with Gasteiger partial charge in [0.15, 0.2) is 0 Å². The highest BCUT2D eigenvalue weighted by Gasteiger charge is 2.32. The first kappa shape index (κ1) is 18.2. The van der Waals surface area contributed by atoms with Crippen molar-refractivity contribution in [2.75, 3.05) is 5.32 Å². The van der Waals surface area contributed by atoms with E-state index in [0.29, 0.717) is 17.0 Å². The lowest BCUT2D eigenvalue weighted by atomic mass is 9.90. The Kier molecular flexibility index (Phi) is 5.13. The van der Waals surface area contributed by atoms with Crippen molar-refractivity contribution in [3.05, 3.63) is 74.9 Å². The lowest BCUT2D eigenvalue weighted by molar-refractivity contribution is -0.113. The third kappa shape index (κ3) is 3.80. The Morgan fingerprint density at radius 3 is 2.46 bits per heavy atom. The van der Waals surface area contributed by atoms with Gasteiger partial charge >= 0.3 is 6.03 Å². The Labute approximate surface area is 161 Å². The molecule has 6 heteroatoms. The van der Waals surface area contributed by atoms with Crippen molar-refractivity contribution < 1.29 is 9.59 Å². The number of urea groups is 1. The number of carbonyl (C=O) groups is 2. The molecule has 26 heavy (non-hydrogen) atoms. The molecule has 0 aromatic heterocycles. The van der Waals surface area contributed by atoms with Gasteiger partial charge in [-0.15, -0.1) is 0 Å². The molecule has 0 bridgehead atoms. The number of benzene rings is 2. The Hall–Kier alpha value is -2.60. The molecule has 0 unspecified atom stereocenters. The summed E-state index contributed by atoms with van der Waals surface area (Å²) in [5.74, 6) is -0.247. The first-order valence-electron chi connectivity index (χ1n) is 8.27. The van der Waals surface area contributed by atoms with E-state index in [4.69, 9.17) is 0 Å². The van der Waals surface area contributed by atoms with Gasteiger partial charge in [0, 0.05) is 15.9 Å². The average Bonchev–Trinajstić information content (AvgIpc) is 2.58. The van der Waals surface area contributed by atoms with Crippen LogP contribution < -0.4 is 16.0 Å². The summed E-state index contributed by atoms with van der Waals surface area (Å²) in [5.41, 5.74) is 4.75. The van der Waals surface area contributed by atoms with Crippen LogP contribution in [0.5, 0.6) is 0 Å². The van der Waals surface area contributed by atoms with Gasteiger partial charge in [-0.1, -0.05) is 39.7 Å². The van der Waals surface area contributed by atoms with Gasteiger partial charge in [-0.2, -0.15) is 0 Å². The normalized spacial score (nSPS) is 16.8. The fourth-order valence-electron chi connectivity index (χ4n) is 3.03. The highest BCUT2D eigenvalue weighted by Crippen LogP contribution is 2.30. The van der Waals surface area contributed by atoms with Crippen molar-refractivity contribution >= 4 is 33.6 Å². The second-order valence-electron chi connectivity index (χ2n) is 6.39. The molecule has 0 spiro atoms. The predicted molar refractivity (Wildman–Crippen MR) is 106 cm³/mol. The highest BCUT2D eigenvalue weighted by atomic mass is 79.9. The van der Waals surface area contributed by atoms with Crippen LogP contribution in [0.2, 0.25) is 0 Å². The summed E-state index contributed by atoms with van der Waals surface area (Å²) in [7, 11) is 0. The lowest BCUT2D eigenvalue weighted by Gasteiger charge is -2.29. The molecule has 2 aromatic rings. The van der Waals surface area contributed by atoms with Crippen LogP contribution in [0.4, 0.5) is 10.5 Å². The quantitative estimate of drug-likeness (QED) is 0.700. The number of allylic oxidation sites excluding steroid dienone is 1. The first-order chi connectivity index (χ1) is 12.3. The van der Waals surface area contributed by atoms with Crippen molar-refractivity contribution in [1.29, 1.82) is 0 Å². The summed E-state index contributed by atoms with van der Waals surface area (Å²) < 4.78 is 0.936. The zero-order valence-corrected chi connectivity index (χ0v) is 16.4. The lowest BCUT2D eigenvalue weighted by Crippen LogP contribution is -2.46. The molecule has 0 saturated carbocycles. The molecule has 3 rings (SSSR count). The van der Waals surface area contributed by atoms with E-state index in [1.807, 2.05) is 56.3 Å². The summed E-state index contributed by atoms with van der Waals surface area (Å²) in [6.45, 7) is 5.71. The maximum Gasteiger partial charge on any atom is 0.319 e. The van der Waals surface area contributed by atoms with E-state index < -0.39 is 6.04 Å². The molecule has 0 saturated heterocycles. The van der Waals surface area contributed by atoms with E-state index in [-0.39, 0.29) is 11.9 Å². The van der Waals surface area contributed by atoms with Crippen molar-refractivity contribution in [1.82, 2.24) is 10.6 Å². The van der Waals surface area contributed by atoms with Gasteiger partial charge in [0.1, 0.15) is 0 Å². The molecule has 5 nitrogen and oxygen atoms in total. The maximum atomic E-state index is 13.0. The van der Waals surface area contributed by atoms with E-state index in [1.165, 1.54) is 0 Å². The SMILES string of the molecule is CC1=C(C(=O)Nc2ccc(Br)cc2)[C@H](c2cc(C)ccc2C)NC(=O)N1. The number of carbonyl (C=O) groups excluding carboxylic acids is 2. The van der Waals surface area contributed by atoms with Crippen LogP contribution in [0.1, 0.15) is 29.7 Å². The van der Waals surface area contributed by atoms with Crippen LogP contribution in [0, 0.1) is 13.8 Å². The number of hydrogen-bond donors (Lipinski definition) is 3. The molecule has 134 valence electrons. The summed E-state index contributed by atoms with van der Waals surface area (Å²) in [6.07, 6.45) is 0. The molecule has 1 atom stereocenters.